The number of ether oxygens (including phenoxy) is 2. The number of aliphatic hydroxyl groups is 1. The van der Waals surface area contributed by atoms with E-state index in [0.29, 0.717) is 12.8 Å². The SMILES string of the molecule is CCCCC/C=C\C/C=C\C/C=C\C=C\C(=O)CCCC(=O)OC[C@@H](O)COC(=O)CCCCCCCCCCCCCCCCCC(C)C. The number of carbonyl (C=O) groups is 3. The van der Waals surface area contributed by atoms with Gasteiger partial charge >= 0.3 is 11.9 Å². The van der Waals surface area contributed by atoms with Crippen LogP contribution in [0.1, 0.15) is 188 Å². The molecule has 0 saturated heterocycles. The minimum absolute atomic E-state index is 0.0486. The second-order valence-electron chi connectivity index (χ2n) is 14.3. The quantitative estimate of drug-likeness (QED) is 0.0230. The molecule has 0 spiro atoms. The van der Waals surface area contributed by atoms with Crippen LogP contribution in [0, 0.1) is 5.92 Å². The van der Waals surface area contributed by atoms with Gasteiger partial charge in [0.15, 0.2) is 5.78 Å². The Bertz CT molecular complexity index is 915. The van der Waals surface area contributed by atoms with Crippen LogP contribution in [-0.2, 0) is 23.9 Å². The molecule has 6 heteroatoms. The molecule has 0 aromatic carbocycles. The van der Waals surface area contributed by atoms with Gasteiger partial charge in [0, 0.05) is 19.3 Å². The third-order valence-electron chi connectivity index (χ3n) is 8.72. The lowest BCUT2D eigenvalue weighted by molar-refractivity contribution is -0.152. The van der Waals surface area contributed by atoms with Crippen LogP contribution < -0.4 is 0 Å². The molecule has 288 valence electrons. The third-order valence-corrected chi connectivity index (χ3v) is 8.72. The van der Waals surface area contributed by atoms with Crippen LogP contribution in [0.2, 0.25) is 0 Å². The zero-order chi connectivity index (χ0) is 36.8. The summed E-state index contributed by atoms with van der Waals surface area (Å²) in [5.41, 5.74) is 0. The predicted molar refractivity (Wildman–Crippen MR) is 210 cm³/mol. The van der Waals surface area contributed by atoms with E-state index in [4.69, 9.17) is 9.47 Å². The van der Waals surface area contributed by atoms with Gasteiger partial charge in [-0.2, -0.15) is 0 Å². The number of rotatable bonds is 36. The van der Waals surface area contributed by atoms with Gasteiger partial charge in [0.1, 0.15) is 19.3 Å². The predicted octanol–water partition coefficient (Wildman–Crippen LogP) is 12.0. The Labute approximate surface area is 307 Å². The van der Waals surface area contributed by atoms with E-state index in [9.17, 15) is 19.5 Å². The topological polar surface area (TPSA) is 89.9 Å². The van der Waals surface area contributed by atoms with Crippen LogP contribution in [0.15, 0.2) is 48.6 Å². The summed E-state index contributed by atoms with van der Waals surface area (Å²) in [5.74, 6) is -0.0105. The molecular formula is C44H76O6. The summed E-state index contributed by atoms with van der Waals surface area (Å²) in [6.45, 7) is 6.42. The summed E-state index contributed by atoms with van der Waals surface area (Å²) >= 11 is 0. The normalized spacial score (nSPS) is 12.7. The summed E-state index contributed by atoms with van der Waals surface area (Å²) in [6.07, 6.45) is 43.1. The molecule has 6 nitrogen and oxygen atoms in total. The van der Waals surface area contributed by atoms with Gasteiger partial charge in [0.05, 0.1) is 0 Å². The van der Waals surface area contributed by atoms with Crippen LogP contribution in [0.5, 0.6) is 0 Å². The number of hydrogen-bond donors (Lipinski definition) is 1. The van der Waals surface area contributed by atoms with Crippen molar-refractivity contribution in [1.29, 1.82) is 0 Å². The molecule has 1 N–H and O–H groups in total. The molecule has 0 aromatic rings. The fraction of sp³-hybridized carbons (Fsp3) is 0.750. The molecule has 0 saturated carbocycles. The van der Waals surface area contributed by atoms with Gasteiger partial charge in [-0.3, -0.25) is 14.4 Å². The lowest BCUT2D eigenvalue weighted by Crippen LogP contribution is -2.25. The van der Waals surface area contributed by atoms with E-state index in [1.54, 1.807) is 6.08 Å². The molecule has 0 amide bonds. The minimum atomic E-state index is -1.05. The second kappa shape index (κ2) is 37.8. The van der Waals surface area contributed by atoms with Gasteiger partial charge in [-0.15, -0.1) is 0 Å². The minimum Gasteiger partial charge on any atom is -0.463 e. The molecule has 0 radical (unpaired) electrons. The van der Waals surface area contributed by atoms with Crippen molar-refractivity contribution in [2.24, 2.45) is 5.92 Å². The zero-order valence-electron chi connectivity index (χ0n) is 32.6. The Morgan fingerprint density at radius 3 is 1.56 bits per heavy atom. The Balaban J connectivity index is 3.60. The number of unbranched alkanes of at least 4 members (excludes halogenated alkanes) is 17. The Morgan fingerprint density at radius 2 is 1.02 bits per heavy atom. The first-order valence-electron chi connectivity index (χ1n) is 20.5. The molecule has 1 atom stereocenters. The molecule has 0 aliphatic heterocycles. The van der Waals surface area contributed by atoms with Crippen molar-refractivity contribution in [1.82, 2.24) is 0 Å². The smallest absolute Gasteiger partial charge is 0.305 e. The van der Waals surface area contributed by atoms with E-state index in [1.165, 1.54) is 109 Å². The van der Waals surface area contributed by atoms with Crippen molar-refractivity contribution in [3.8, 4) is 0 Å². The maximum Gasteiger partial charge on any atom is 0.305 e. The number of hydrogen-bond acceptors (Lipinski definition) is 6. The Kier molecular flexibility index (Phi) is 35.9. The van der Waals surface area contributed by atoms with Crippen LogP contribution >= 0.6 is 0 Å². The summed E-state index contributed by atoms with van der Waals surface area (Å²) in [4.78, 5) is 35.9. The van der Waals surface area contributed by atoms with E-state index in [1.807, 2.05) is 12.2 Å². The maximum atomic E-state index is 12.0. The van der Waals surface area contributed by atoms with Crippen LogP contribution in [0.4, 0.5) is 0 Å². The first kappa shape index (κ1) is 47.5. The van der Waals surface area contributed by atoms with Crippen molar-refractivity contribution in [2.75, 3.05) is 13.2 Å². The molecule has 50 heavy (non-hydrogen) atoms. The van der Waals surface area contributed by atoms with Gasteiger partial charge in [-0.25, -0.2) is 0 Å². The standard InChI is InChI=1S/C44H76O6/c1-4-5-6-7-8-9-10-14-18-21-24-27-30-34-41(45)35-32-37-44(48)50-39-42(46)38-49-43(47)36-31-28-25-22-19-16-13-11-12-15-17-20-23-26-29-33-40(2)3/h8-9,14,18,24,27,30,34,40,42,46H,4-7,10-13,15-17,19-23,25-26,28-29,31-33,35-39H2,1-3H3/b9-8-,18-14-,27-24-,34-30+/t42-/m0/s1. The highest BCUT2D eigenvalue weighted by molar-refractivity contribution is 5.90. The fourth-order valence-electron chi connectivity index (χ4n) is 5.58. The van der Waals surface area contributed by atoms with Gasteiger partial charge in [-0.05, 0) is 50.5 Å². The van der Waals surface area contributed by atoms with Crippen molar-refractivity contribution in [3.05, 3.63) is 48.6 Å². The summed E-state index contributed by atoms with van der Waals surface area (Å²) in [6, 6.07) is 0. The molecule has 0 aliphatic rings. The molecule has 0 fully saturated rings. The molecule has 0 aliphatic carbocycles. The first-order valence-corrected chi connectivity index (χ1v) is 20.5. The summed E-state index contributed by atoms with van der Waals surface area (Å²) in [5, 5.41) is 10.0. The molecular weight excluding hydrogens is 624 g/mol. The average molecular weight is 701 g/mol. The highest BCUT2D eigenvalue weighted by Gasteiger charge is 2.12. The maximum absolute atomic E-state index is 12.0. The van der Waals surface area contributed by atoms with Gasteiger partial charge < -0.3 is 14.6 Å². The molecule has 0 aromatic heterocycles. The average Bonchev–Trinajstić information content (AvgIpc) is 3.09. The molecule has 0 rings (SSSR count). The Morgan fingerprint density at radius 1 is 0.540 bits per heavy atom. The summed E-state index contributed by atoms with van der Waals surface area (Å²) < 4.78 is 10.2. The van der Waals surface area contributed by atoms with Crippen LogP contribution in [0.25, 0.3) is 0 Å². The monoisotopic (exact) mass is 701 g/mol. The van der Waals surface area contributed by atoms with Crippen LogP contribution in [0.3, 0.4) is 0 Å². The highest BCUT2D eigenvalue weighted by Crippen LogP contribution is 2.15. The van der Waals surface area contributed by atoms with E-state index in [-0.39, 0.29) is 37.8 Å². The second-order valence-corrected chi connectivity index (χ2v) is 14.3. The molecule has 0 unspecified atom stereocenters. The van der Waals surface area contributed by atoms with Gasteiger partial charge in [-0.1, -0.05) is 172 Å². The van der Waals surface area contributed by atoms with Crippen molar-refractivity contribution >= 4 is 17.7 Å². The van der Waals surface area contributed by atoms with Crippen molar-refractivity contribution < 1.29 is 29.0 Å². The van der Waals surface area contributed by atoms with E-state index >= 15 is 0 Å². The highest BCUT2D eigenvalue weighted by atomic mass is 16.6. The Hall–Kier alpha value is -2.47. The number of esters is 2. The largest absolute Gasteiger partial charge is 0.463 e. The van der Waals surface area contributed by atoms with Crippen molar-refractivity contribution in [3.63, 3.8) is 0 Å². The lowest BCUT2D eigenvalue weighted by Gasteiger charge is -2.12. The van der Waals surface area contributed by atoms with Gasteiger partial charge in [0.2, 0.25) is 0 Å². The van der Waals surface area contributed by atoms with E-state index in [0.717, 1.165) is 44.4 Å². The molecule has 0 heterocycles. The number of carbonyl (C=O) groups excluding carboxylic acids is 3. The zero-order valence-corrected chi connectivity index (χ0v) is 32.6. The molecule has 0 bridgehead atoms. The van der Waals surface area contributed by atoms with E-state index in [2.05, 4.69) is 45.1 Å². The lowest BCUT2D eigenvalue weighted by atomic mass is 10.0. The third kappa shape index (κ3) is 38.3. The first-order chi connectivity index (χ1) is 24.3. The van der Waals surface area contributed by atoms with Crippen molar-refractivity contribution in [2.45, 2.75) is 194 Å². The fourth-order valence-corrected chi connectivity index (χ4v) is 5.58. The number of allylic oxidation sites excluding steroid dienone is 8. The van der Waals surface area contributed by atoms with E-state index < -0.39 is 12.1 Å². The number of aliphatic hydroxyl groups excluding tert-OH is 1. The van der Waals surface area contributed by atoms with Gasteiger partial charge in [0.25, 0.3) is 0 Å². The summed E-state index contributed by atoms with van der Waals surface area (Å²) in [7, 11) is 0. The van der Waals surface area contributed by atoms with Crippen LogP contribution in [-0.4, -0.2) is 42.1 Å². The number of ketones is 1.